The lowest BCUT2D eigenvalue weighted by molar-refractivity contribution is 0.0986. The molecule has 0 amide bonds. The van der Waals surface area contributed by atoms with E-state index < -0.39 is 0 Å². The third-order valence-corrected chi connectivity index (χ3v) is 4.62. The summed E-state index contributed by atoms with van der Waals surface area (Å²) < 4.78 is 12.0. The summed E-state index contributed by atoms with van der Waals surface area (Å²) in [5.74, 6) is 2.12. The second-order valence-corrected chi connectivity index (χ2v) is 6.13. The summed E-state index contributed by atoms with van der Waals surface area (Å²) in [4.78, 5) is 0. The molecule has 96 valence electrons. The highest BCUT2D eigenvalue weighted by Gasteiger charge is 2.53. The zero-order chi connectivity index (χ0) is 12.3. The van der Waals surface area contributed by atoms with E-state index in [1.807, 2.05) is 0 Å². The first-order valence-corrected chi connectivity index (χ1v) is 6.87. The Bertz CT molecular complexity index is 501. The van der Waals surface area contributed by atoms with Gasteiger partial charge in [0.25, 0.3) is 0 Å². The number of hydrogen-bond acceptors (Lipinski definition) is 3. The van der Waals surface area contributed by atoms with E-state index in [1.165, 1.54) is 24.0 Å². The molecule has 4 rings (SSSR count). The summed E-state index contributed by atoms with van der Waals surface area (Å²) in [6.07, 6.45) is 4.75. The lowest BCUT2D eigenvalue weighted by Crippen LogP contribution is -2.43. The monoisotopic (exact) mass is 245 g/mol. The van der Waals surface area contributed by atoms with Crippen LogP contribution in [-0.2, 0) is 5.41 Å². The molecule has 1 aromatic carbocycles. The number of hydrogen-bond donors (Lipinski definition) is 1. The van der Waals surface area contributed by atoms with Crippen molar-refractivity contribution in [3.63, 3.8) is 0 Å². The fourth-order valence-electron chi connectivity index (χ4n) is 3.15. The molecular formula is C15H19NO2. The number of nitrogens with two attached hydrogens (primary N) is 1. The van der Waals surface area contributed by atoms with E-state index in [9.17, 15) is 0 Å². The fourth-order valence-corrected chi connectivity index (χ4v) is 3.15. The summed E-state index contributed by atoms with van der Waals surface area (Å²) >= 11 is 0. The predicted molar refractivity (Wildman–Crippen MR) is 69.2 cm³/mol. The number of rotatable bonds is 2. The van der Waals surface area contributed by atoms with Crippen molar-refractivity contribution < 1.29 is 9.47 Å². The molecular weight excluding hydrogens is 226 g/mol. The van der Waals surface area contributed by atoms with Gasteiger partial charge in [-0.15, -0.1) is 0 Å². The number of benzene rings is 1. The van der Waals surface area contributed by atoms with E-state index >= 15 is 0 Å². The van der Waals surface area contributed by atoms with Gasteiger partial charge >= 0.3 is 0 Å². The van der Waals surface area contributed by atoms with Crippen LogP contribution >= 0.6 is 0 Å². The van der Waals surface area contributed by atoms with Crippen molar-refractivity contribution in [2.75, 3.05) is 6.61 Å². The lowest BCUT2D eigenvalue weighted by Gasteiger charge is -2.34. The van der Waals surface area contributed by atoms with Crippen molar-refractivity contribution in [3.05, 3.63) is 23.3 Å². The van der Waals surface area contributed by atoms with Crippen LogP contribution in [0.1, 0.15) is 36.8 Å². The van der Waals surface area contributed by atoms with Crippen LogP contribution in [0.2, 0.25) is 0 Å². The van der Waals surface area contributed by atoms with Crippen LogP contribution in [0, 0.1) is 6.92 Å². The molecule has 0 radical (unpaired) electrons. The maximum Gasteiger partial charge on any atom is 0.130 e. The Hall–Kier alpha value is -1.22. The van der Waals surface area contributed by atoms with Gasteiger partial charge in [-0.05, 0) is 44.2 Å². The molecule has 1 heterocycles. The number of fused-ring (bicyclic) bond motifs is 2. The molecule has 3 aliphatic rings. The van der Waals surface area contributed by atoms with Crippen LogP contribution in [0.25, 0.3) is 0 Å². The zero-order valence-electron chi connectivity index (χ0n) is 10.7. The number of ether oxygens (including phenoxy) is 2. The second-order valence-electron chi connectivity index (χ2n) is 6.13. The van der Waals surface area contributed by atoms with Crippen LogP contribution in [-0.4, -0.2) is 18.8 Å². The van der Waals surface area contributed by atoms with Gasteiger partial charge in [-0.1, -0.05) is 6.07 Å². The Morgan fingerprint density at radius 1 is 1.33 bits per heavy atom. The second kappa shape index (κ2) is 3.41. The van der Waals surface area contributed by atoms with Crippen molar-refractivity contribution in [1.82, 2.24) is 0 Å². The molecule has 3 nitrogen and oxygen atoms in total. The van der Waals surface area contributed by atoms with Crippen LogP contribution < -0.4 is 15.2 Å². The molecule has 1 aliphatic heterocycles. The van der Waals surface area contributed by atoms with Crippen molar-refractivity contribution in [1.29, 1.82) is 0 Å². The Morgan fingerprint density at radius 2 is 2.11 bits per heavy atom. The fraction of sp³-hybridized carbons (Fsp3) is 0.600. The third kappa shape index (κ3) is 1.40. The number of aryl methyl sites for hydroxylation is 1. The average Bonchev–Trinajstić information content (AvgIpc) is 2.98. The van der Waals surface area contributed by atoms with Crippen molar-refractivity contribution in [3.8, 4) is 11.5 Å². The summed E-state index contributed by atoms with van der Waals surface area (Å²) in [6, 6.07) is 4.53. The minimum absolute atomic E-state index is 0.280. The summed E-state index contributed by atoms with van der Waals surface area (Å²) in [5.41, 5.74) is 8.68. The van der Waals surface area contributed by atoms with Crippen LogP contribution in [0.15, 0.2) is 12.1 Å². The largest absolute Gasteiger partial charge is 0.492 e. The van der Waals surface area contributed by atoms with Gasteiger partial charge in [0, 0.05) is 17.0 Å². The van der Waals surface area contributed by atoms with Crippen LogP contribution in [0.3, 0.4) is 0 Å². The van der Waals surface area contributed by atoms with Gasteiger partial charge in [0.1, 0.15) is 17.6 Å². The lowest BCUT2D eigenvalue weighted by atomic mass is 9.89. The van der Waals surface area contributed by atoms with E-state index in [0.29, 0.717) is 12.1 Å². The van der Waals surface area contributed by atoms with E-state index in [4.69, 9.17) is 15.2 Å². The molecule has 1 spiro atoms. The first-order valence-electron chi connectivity index (χ1n) is 6.87. The smallest absolute Gasteiger partial charge is 0.130 e. The van der Waals surface area contributed by atoms with Gasteiger partial charge in [0.05, 0.1) is 6.61 Å². The Morgan fingerprint density at radius 3 is 2.78 bits per heavy atom. The summed E-state index contributed by atoms with van der Waals surface area (Å²) in [7, 11) is 0. The Kier molecular flexibility index (Phi) is 2.03. The average molecular weight is 245 g/mol. The van der Waals surface area contributed by atoms with Gasteiger partial charge in [0.2, 0.25) is 0 Å². The van der Waals surface area contributed by atoms with E-state index in [1.54, 1.807) is 0 Å². The van der Waals surface area contributed by atoms with Crippen molar-refractivity contribution in [2.45, 2.75) is 50.2 Å². The topological polar surface area (TPSA) is 44.5 Å². The zero-order valence-corrected chi connectivity index (χ0v) is 10.7. The normalized spacial score (nSPS) is 30.6. The molecule has 0 aromatic heterocycles. The molecule has 3 heteroatoms. The van der Waals surface area contributed by atoms with Gasteiger partial charge in [0.15, 0.2) is 0 Å². The summed E-state index contributed by atoms with van der Waals surface area (Å²) in [6.45, 7) is 2.97. The minimum atomic E-state index is 0.280. The SMILES string of the molecule is Cc1ccc2c(c1O[C@H]1C[C@@H](N)C1)C1(CC1)CO2. The maximum atomic E-state index is 6.21. The van der Waals surface area contributed by atoms with Crippen LogP contribution in [0.4, 0.5) is 0 Å². The highest BCUT2D eigenvalue weighted by molar-refractivity contribution is 5.58. The van der Waals surface area contributed by atoms with Gasteiger partial charge in [-0.3, -0.25) is 0 Å². The van der Waals surface area contributed by atoms with Gasteiger partial charge < -0.3 is 15.2 Å². The van der Waals surface area contributed by atoms with E-state index in [2.05, 4.69) is 19.1 Å². The molecule has 18 heavy (non-hydrogen) atoms. The van der Waals surface area contributed by atoms with Crippen molar-refractivity contribution in [2.24, 2.45) is 5.73 Å². The molecule has 2 aliphatic carbocycles. The predicted octanol–water partition coefficient (Wildman–Crippen LogP) is 2.29. The first kappa shape index (κ1) is 10.7. The molecule has 2 fully saturated rings. The minimum Gasteiger partial charge on any atom is -0.492 e. The van der Waals surface area contributed by atoms with E-state index in [-0.39, 0.29) is 5.41 Å². The molecule has 2 saturated carbocycles. The third-order valence-electron chi connectivity index (χ3n) is 4.62. The van der Waals surface area contributed by atoms with Crippen molar-refractivity contribution >= 4 is 0 Å². The van der Waals surface area contributed by atoms with Gasteiger partial charge in [-0.25, -0.2) is 0 Å². The molecule has 0 atom stereocenters. The van der Waals surface area contributed by atoms with E-state index in [0.717, 1.165) is 30.9 Å². The molecule has 1 aromatic rings. The Balaban J connectivity index is 1.71. The van der Waals surface area contributed by atoms with Gasteiger partial charge in [-0.2, -0.15) is 0 Å². The molecule has 0 bridgehead atoms. The Labute approximate surface area is 107 Å². The highest BCUT2D eigenvalue weighted by Crippen LogP contribution is 2.59. The highest BCUT2D eigenvalue weighted by atomic mass is 16.5. The first-order chi connectivity index (χ1) is 8.68. The molecule has 0 unspecified atom stereocenters. The quantitative estimate of drug-likeness (QED) is 0.869. The maximum absolute atomic E-state index is 6.21. The van der Waals surface area contributed by atoms with Crippen LogP contribution in [0.5, 0.6) is 11.5 Å². The molecule has 2 N–H and O–H groups in total. The standard InChI is InChI=1S/C15H19NO2/c1-9-2-3-12-13(15(4-5-15)8-17-12)14(9)18-11-6-10(16)7-11/h2-3,10-11H,4-8,16H2,1H3/t10-,11+. The molecule has 0 saturated heterocycles. The summed E-state index contributed by atoms with van der Waals surface area (Å²) in [5, 5.41) is 0.